The molecule has 8 nitrogen and oxygen atoms in total. The molecule has 1 aromatic carbocycles. The molecular weight excluding hydrogens is 292 g/mol. The molecule has 0 aromatic heterocycles. The highest BCUT2D eigenvalue weighted by Crippen LogP contribution is 2.02. The van der Waals surface area contributed by atoms with Gasteiger partial charge in [0.05, 0.1) is 0 Å². The van der Waals surface area contributed by atoms with E-state index >= 15 is 0 Å². The average Bonchev–Trinajstić information content (AvgIpc) is 2.46. The van der Waals surface area contributed by atoms with Crippen LogP contribution in [-0.4, -0.2) is 39.9 Å². The number of nitrogens with zero attached hydrogens (tertiary/aromatic N) is 1. The SMILES string of the molecule is C[C@@H](CC(=O)C(=NO)C(=O)O)NC(=O)OCc1ccccc1. The van der Waals surface area contributed by atoms with Crippen LogP contribution >= 0.6 is 0 Å². The van der Waals surface area contributed by atoms with Crippen molar-refractivity contribution >= 4 is 23.6 Å². The summed E-state index contributed by atoms with van der Waals surface area (Å²) >= 11 is 0. The molecule has 0 radical (unpaired) electrons. The third-order valence-corrected chi connectivity index (χ3v) is 2.64. The predicted molar refractivity (Wildman–Crippen MR) is 75.7 cm³/mol. The van der Waals surface area contributed by atoms with Crippen molar-refractivity contribution in [3.05, 3.63) is 35.9 Å². The molecule has 118 valence electrons. The fourth-order valence-corrected chi connectivity index (χ4v) is 1.61. The van der Waals surface area contributed by atoms with Gasteiger partial charge in [0.2, 0.25) is 5.71 Å². The maximum atomic E-state index is 11.5. The van der Waals surface area contributed by atoms with Crippen LogP contribution in [0.3, 0.4) is 0 Å². The largest absolute Gasteiger partial charge is 0.476 e. The lowest BCUT2D eigenvalue weighted by atomic mass is 10.1. The van der Waals surface area contributed by atoms with Crippen LogP contribution in [-0.2, 0) is 20.9 Å². The van der Waals surface area contributed by atoms with Crippen LogP contribution in [0.15, 0.2) is 35.5 Å². The standard InChI is InChI=1S/C14H16N2O6/c1-9(7-11(17)12(16-21)13(18)19)15-14(20)22-8-10-5-3-2-4-6-10/h2-6,9,21H,7-8H2,1H3,(H,15,20)(H,18,19)/t9-/m0/s1. The van der Waals surface area contributed by atoms with Gasteiger partial charge in [-0.2, -0.15) is 0 Å². The second-order valence-electron chi connectivity index (χ2n) is 4.49. The Labute approximate surface area is 126 Å². The van der Waals surface area contributed by atoms with Crippen molar-refractivity contribution in [2.45, 2.75) is 26.0 Å². The van der Waals surface area contributed by atoms with Gasteiger partial charge in [0.15, 0.2) is 5.78 Å². The smallest absolute Gasteiger partial charge is 0.407 e. The average molecular weight is 308 g/mol. The molecule has 1 rings (SSSR count). The molecule has 0 bridgehead atoms. The highest BCUT2D eigenvalue weighted by atomic mass is 16.5. The second kappa shape index (κ2) is 8.40. The van der Waals surface area contributed by atoms with Gasteiger partial charge in [-0.1, -0.05) is 35.5 Å². The topological polar surface area (TPSA) is 125 Å². The Balaban J connectivity index is 2.41. The van der Waals surface area contributed by atoms with Gasteiger partial charge < -0.3 is 20.4 Å². The number of carbonyl (C=O) groups is 3. The number of carboxylic acids is 1. The van der Waals surface area contributed by atoms with Crippen LogP contribution in [0.4, 0.5) is 4.79 Å². The number of carboxylic acid groups (broad SMARTS) is 1. The fourth-order valence-electron chi connectivity index (χ4n) is 1.61. The van der Waals surface area contributed by atoms with Gasteiger partial charge in [0, 0.05) is 12.5 Å². The first kappa shape index (κ1) is 17.2. The van der Waals surface area contributed by atoms with Crippen molar-refractivity contribution in [1.82, 2.24) is 5.32 Å². The normalized spacial score (nSPS) is 12.3. The van der Waals surface area contributed by atoms with Crippen LogP contribution in [0.5, 0.6) is 0 Å². The number of hydrogen-bond donors (Lipinski definition) is 3. The van der Waals surface area contributed by atoms with Crippen molar-refractivity contribution < 1.29 is 29.4 Å². The summed E-state index contributed by atoms with van der Waals surface area (Å²) in [6.07, 6.45) is -1.06. The lowest BCUT2D eigenvalue weighted by Crippen LogP contribution is -2.37. The zero-order valence-corrected chi connectivity index (χ0v) is 11.9. The molecule has 0 aliphatic rings. The van der Waals surface area contributed by atoms with Gasteiger partial charge in [-0.05, 0) is 12.5 Å². The number of oxime groups is 1. The second-order valence-corrected chi connectivity index (χ2v) is 4.49. The first-order valence-corrected chi connectivity index (χ1v) is 6.39. The minimum Gasteiger partial charge on any atom is -0.476 e. The molecule has 0 unspecified atom stereocenters. The van der Waals surface area contributed by atoms with Gasteiger partial charge in [0.1, 0.15) is 6.61 Å². The maximum absolute atomic E-state index is 11.5. The number of hydrogen-bond acceptors (Lipinski definition) is 6. The highest BCUT2D eigenvalue weighted by Gasteiger charge is 2.23. The van der Waals surface area contributed by atoms with E-state index in [1.54, 1.807) is 24.3 Å². The van der Waals surface area contributed by atoms with E-state index in [2.05, 4.69) is 10.5 Å². The van der Waals surface area contributed by atoms with Crippen LogP contribution in [0.1, 0.15) is 18.9 Å². The molecule has 0 heterocycles. The van der Waals surface area contributed by atoms with Crippen LogP contribution < -0.4 is 5.32 Å². The number of carbonyl (C=O) groups excluding carboxylic acids is 2. The van der Waals surface area contributed by atoms with E-state index < -0.39 is 29.6 Å². The summed E-state index contributed by atoms with van der Waals surface area (Å²) in [7, 11) is 0. The summed E-state index contributed by atoms with van der Waals surface area (Å²) < 4.78 is 4.96. The number of alkyl carbamates (subject to hydrolysis) is 1. The quantitative estimate of drug-likeness (QED) is 0.300. The molecule has 1 atom stereocenters. The van der Waals surface area contributed by atoms with Gasteiger partial charge in [-0.25, -0.2) is 9.59 Å². The summed E-state index contributed by atoms with van der Waals surface area (Å²) in [5, 5.41) is 21.9. The highest BCUT2D eigenvalue weighted by molar-refractivity contribution is 6.63. The number of amides is 1. The molecule has 1 amide bonds. The molecule has 3 N–H and O–H groups in total. The third kappa shape index (κ3) is 5.61. The van der Waals surface area contributed by atoms with Crippen molar-refractivity contribution in [3.63, 3.8) is 0 Å². The minimum absolute atomic E-state index is 0.0752. The minimum atomic E-state index is -1.63. The molecule has 0 aliphatic heterocycles. The number of nitrogens with one attached hydrogen (secondary N) is 1. The van der Waals surface area contributed by atoms with E-state index in [-0.39, 0.29) is 13.0 Å². The first-order valence-electron chi connectivity index (χ1n) is 6.39. The van der Waals surface area contributed by atoms with E-state index in [0.29, 0.717) is 0 Å². The molecule has 22 heavy (non-hydrogen) atoms. The van der Waals surface area contributed by atoms with E-state index in [1.807, 2.05) is 6.07 Å². The number of aliphatic carboxylic acids is 1. The lowest BCUT2D eigenvalue weighted by Gasteiger charge is -2.13. The molecule has 0 spiro atoms. The summed E-state index contributed by atoms with van der Waals surface area (Å²) in [6, 6.07) is 8.35. The van der Waals surface area contributed by atoms with E-state index in [0.717, 1.165) is 5.56 Å². The zero-order chi connectivity index (χ0) is 16.5. The number of ether oxygens (including phenoxy) is 1. The van der Waals surface area contributed by atoms with Crippen molar-refractivity contribution in [1.29, 1.82) is 0 Å². The van der Waals surface area contributed by atoms with Gasteiger partial charge in [-0.3, -0.25) is 4.79 Å². The Morgan fingerprint density at radius 3 is 2.45 bits per heavy atom. The summed E-state index contributed by atoms with van der Waals surface area (Å²) in [5.41, 5.74) is -0.173. The van der Waals surface area contributed by atoms with Gasteiger partial charge in [-0.15, -0.1) is 0 Å². The predicted octanol–water partition coefficient (Wildman–Crippen LogP) is 1.18. The molecule has 0 aliphatic carbocycles. The number of benzene rings is 1. The van der Waals surface area contributed by atoms with Crippen molar-refractivity contribution in [3.8, 4) is 0 Å². The van der Waals surface area contributed by atoms with E-state index in [9.17, 15) is 14.4 Å². The molecule has 1 aromatic rings. The molecule has 8 heteroatoms. The monoisotopic (exact) mass is 308 g/mol. The van der Waals surface area contributed by atoms with E-state index in [1.165, 1.54) is 6.92 Å². The van der Waals surface area contributed by atoms with Crippen LogP contribution in [0.2, 0.25) is 0 Å². The van der Waals surface area contributed by atoms with E-state index in [4.69, 9.17) is 15.1 Å². The lowest BCUT2D eigenvalue weighted by molar-refractivity contribution is -0.130. The number of Topliss-reactive ketones (excluding diaryl/α,β-unsaturated/α-hetero) is 1. The third-order valence-electron chi connectivity index (χ3n) is 2.64. The Kier molecular flexibility index (Phi) is 6.55. The zero-order valence-electron chi connectivity index (χ0n) is 11.9. The van der Waals surface area contributed by atoms with Crippen LogP contribution in [0, 0.1) is 0 Å². The summed E-state index contributed by atoms with van der Waals surface area (Å²) in [5.74, 6) is -2.53. The first-order chi connectivity index (χ1) is 10.4. The fraction of sp³-hybridized carbons (Fsp3) is 0.286. The van der Waals surface area contributed by atoms with Crippen molar-refractivity contribution in [2.24, 2.45) is 5.16 Å². The molecule has 0 saturated carbocycles. The molecular formula is C14H16N2O6. The van der Waals surface area contributed by atoms with Gasteiger partial charge >= 0.3 is 12.1 Å². The Morgan fingerprint density at radius 1 is 1.27 bits per heavy atom. The van der Waals surface area contributed by atoms with Crippen LogP contribution in [0.25, 0.3) is 0 Å². The Morgan fingerprint density at radius 2 is 1.91 bits per heavy atom. The summed E-state index contributed by atoms with van der Waals surface area (Å²) in [6.45, 7) is 1.57. The Hall–Kier alpha value is -2.90. The maximum Gasteiger partial charge on any atom is 0.407 e. The molecule has 0 fully saturated rings. The molecule has 0 saturated heterocycles. The Bertz CT molecular complexity index is 570. The number of ketones is 1. The number of rotatable bonds is 7. The van der Waals surface area contributed by atoms with Crippen molar-refractivity contribution in [2.75, 3.05) is 0 Å². The summed E-state index contributed by atoms with van der Waals surface area (Å²) in [4.78, 5) is 33.7. The van der Waals surface area contributed by atoms with Gasteiger partial charge in [0.25, 0.3) is 0 Å².